The number of amides is 1. The van der Waals surface area contributed by atoms with E-state index in [1.54, 1.807) is 24.3 Å². The van der Waals surface area contributed by atoms with E-state index in [1.165, 1.54) is 41.4 Å². The topological polar surface area (TPSA) is 66.5 Å². The summed E-state index contributed by atoms with van der Waals surface area (Å²) in [6, 6.07) is 13.7. The SMILES string of the molecule is C=CC(=O)Nc1cccc(Oc2sc(Nc3ccc(C4CCN(C)CC4)cc3C)nc2Cl)c1. The van der Waals surface area contributed by atoms with Gasteiger partial charge in [-0.15, -0.1) is 0 Å². The normalized spacial score (nSPS) is 14.6. The molecule has 0 unspecified atom stereocenters. The van der Waals surface area contributed by atoms with E-state index in [9.17, 15) is 4.79 Å². The average molecular weight is 483 g/mol. The van der Waals surface area contributed by atoms with Gasteiger partial charge >= 0.3 is 0 Å². The van der Waals surface area contributed by atoms with Crippen LogP contribution in [0.2, 0.25) is 5.15 Å². The van der Waals surface area contributed by atoms with Crippen molar-refractivity contribution in [2.75, 3.05) is 30.8 Å². The maximum atomic E-state index is 11.5. The number of halogens is 1. The van der Waals surface area contributed by atoms with Crippen LogP contribution in [-0.2, 0) is 4.79 Å². The number of hydrogen-bond donors (Lipinski definition) is 2. The molecule has 2 heterocycles. The van der Waals surface area contributed by atoms with Gasteiger partial charge in [-0.1, -0.05) is 47.7 Å². The van der Waals surface area contributed by atoms with Gasteiger partial charge in [-0.3, -0.25) is 4.79 Å². The fourth-order valence-electron chi connectivity index (χ4n) is 3.88. The number of likely N-dealkylation sites (tertiary alicyclic amines) is 1. The third kappa shape index (κ3) is 5.93. The van der Waals surface area contributed by atoms with Gasteiger partial charge < -0.3 is 20.3 Å². The predicted molar refractivity (Wildman–Crippen MR) is 136 cm³/mol. The van der Waals surface area contributed by atoms with E-state index in [4.69, 9.17) is 16.3 Å². The molecule has 0 bridgehead atoms. The minimum absolute atomic E-state index is 0.281. The second-order valence-electron chi connectivity index (χ2n) is 8.20. The minimum atomic E-state index is -0.285. The largest absolute Gasteiger partial charge is 0.443 e. The van der Waals surface area contributed by atoms with Crippen LogP contribution in [0, 0.1) is 6.92 Å². The molecule has 0 spiro atoms. The molecule has 2 aromatic carbocycles. The molecule has 1 aliphatic rings. The first-order valence-electron chi connectivity index (χ1n) is 10.8. The standard InChI is InChI=1S/C25H27ClN4O2S/c1-4-22(31)27-19-6-5-7-20(15-19)32-24-23(26)29-25(33-24)28-21-9-8-18(14-16(21)2)17-10-12-30(3)13-11-17/h4-9,14-15,17H,1,10-13H2,2-3H3,(H,27,31)(H,28,29). The van der Waals surface area contributed by atoms with E-state index in [0.29, 0.717) is 27.5 Å². The average Bonchev–Trinajstić information content (AvgIpc) is 3.14. The zero-order valence-electron chi connectivity index (χ0n) is 18.7. The van der Waals surface area contributed by atoms with Crippen LogP contribution in [0.15, 0.2) is 55.1 Å². The zero-order chi connectivity index (χ0) is 23.4. The number of ether oxygens (including phenoxy) is 1. The summed E-state index contributed by atoms with van der Waals surface area (Å²) in [5.41, 5.74) is 4.18. The lowest BCUT2D eigenvalue weighted by Crippen LogP contribution is -2.29. The van der Waals surface area contributed by atoms with E-state index in [0.717, 1.165) is 18.8 Å². The Kier molecular flexibility index (Phi) is 7.33. The Morgan fingerprint density at radius 3 is 2.79 bits per heavy atom. The number of nitrogens with one attached hydrogen (secondary N) is 2. The van der Waals surface area contributed by atoms with Crippen molar-refractivity contribution in [1.82, 2.24) is 9.88 Å². The first kappa shape index (κ1) is 23.3. The number of benzene rings is 2. The van der Waals surface area contributed by atoms with Crippen LogP contribution in [0.3, 0.4) is 0 Å². The van der Waals surface area contributed by atoms with Gasteiger partial charge in [0.05, 0.1) is 0 Å². The summed E-state index contributed by atoms with van der Waals surface area (Å²) in [6.07, 6.45) is 3.61. The van der Waals surface area contributed by atoms with Crippen LogP contribution in [0.25, 0.3) is 0 Å². The van der Waals surface area contributed by atoms with Crippen LogP contribution in [0.5, 0.6) is 10.8 Å². The number of nitrogens with zero attached hydrogens (tertiary/aromatic N) is 2. The number of carbonyl (C=O) groups excluding carboxylic acids is 1. The molecule has 0 radical (unpaired) electrons. The molecule has 1 aliphatic heterocycles. The number of aryl methyl sites for hydroxylation is 1. The number of thiazole rings is 1. The molecule has 6 nitrogen and oxygen atoms in total. The fourth-order valence-corrected chi connectivity index (χ4v) is 4.91. The molecule has 1 saturated heterocycles. The molecule has 0 aliphatic carbocycles. The second kappa shape index (κ2) is 10.4. The third-order valence-electron chi connectivity index (χ3n) is 5.74. The molecule has 1 fully saturated rings. The van der Waals surface area contributed by atoms with Crippen LogP contribution >= 0.6 is 22.9 Å². The molecular weight excluding hydrogens is 456 g/mol. The number of carbonyl (C=O) groups is 1. The maximum Gasteiger partial charge on any atom is 0.247 e. The lowest BCUT2D eigenvalue weighted by atomic mass is 9.88. The molecule has 1 aromatic heterocycles. The molecule has 2 N–H and O–H groups in total. The first-order valence-corrected chi connectivity index (χ1v) is 12.0. The Morgan fingerprint density at radius 1 is 1.27 bits per heavy atom. The van der Waals surface area contributed by atoms with Gasteiger partial charge in [-0.25, -0.2) is 4.98 Å². The summed E-state index contributed by atoms with van der Waals surface area (Å²) in [4.78, 5) is 18.3. The Balaban J connectivity index is 1.44. The highest BCUT2D eigenvalue weighted by Gasteiger charge is 2.19. The number of anilines is 3. The summed E-state index contributed by atoms with van der Waals surface area (Å²) >= 11 is 7.66. The Morgan fingerprint density at radius 2 is 2.06 bits per heavy atom. The quantitative estimate of drug-likeness (QED) is 0.372. The van der Waals surface area contributed by atoms with Crippen molar-refractivity contribution in [3.63, 3.8) is 0 Å². The summed E-state index contributed by atoms with van der Waals surface area (Å²) in [5.74, 6) is 0.884. The maximum absolute atomic E-state index is 11.5. The summed E-state index contributed by atoms with van der Waals surface area (Å²) < 4.78 is 5.92. The van der Waals surface area contributed by atoms with Crippen molar-refractivity contribution in [1.29, 1.82) is 0 Å². The molecule has 0 atom stereocenters. The van der Waals surface area contributed by atoms with E-state index < -0.39 is 0 Å². The van der Waals surface area contributed by atoms with Gasteiger partial charge in [0.2, 0.25) is 11.0 Å². The van der Waals surface area contributed by atoms with E-state index in [-0.39, 0.29) is 11.1 Å². The van der Waals surface area contributed by atoms with Gasteiger partial charge in [0.15, 0.2) is 10.3 Å². The smallest absolute Gasteiger partial charge is 0.247 e. The van der Waals surface area contributed by atoms with Gasteiger partial charge in [0.25, 0.3) is 0 Å². The zero-order valence-corrected chi connectivity index (χ0v) is 20.3. The van der Waals surface area contributed by atoms with Gasteiger partial charge in [-0.2, -0.15) is 0 Å². The number of rotatable bonds is 7. The highest BCUT2D eigenvalue weighted by molar-refractivity contribution is 7.18. The van der Waals surface area contributed by atoms with E-state index in [1.807, 2.05) is 0 Å². The molecule has 4 rings (SSSR count). The number of piperidine rings is 1. The monoisotopic (exact) mass is 482 g/mol. The Labute approximate surface area is 203 Å². The number of aromatic nitrogens is 1. The number of hydrogen-bond acceptors (Lipinski definition) is 6. The van der Waals surface area contributed by atoms with Crippen LogP contribution in [0.4, 0.5) is 16.5 Å². The van der Waals surface area contributed by atoms with E-state index in [2.05, 4.69) is 59.3 Å². The lowest BCUT2D eigenvalue weighted by Gasteiger charge is -2.29. The highest BCUT2D eigenvalue weighted by atomic mass is 35.5. The molecule has 8 heteroatoms. The van der Waals surface area contributed by atoms with Crippen LogP contribution < -0.4 is 15.4 Å². The lowest BCUT2D eigenvalue weighted by molar-refractivity contribution is -0.111. The van der Waals surface area contributed by atoms with Crippen molar-refractivity contribution >= 4 is 45.4 Å². The Hall–Kier alpha value is -2.87. The van der Waals surface area contributed by atoms with Crippen molar-refractivity contribution in [3.05, 3.63) is 71.4 Å². The van der Waals surface area contributed by atoms with Gasteiger partial charge in [0.1, 0.15) is 5.75 Å². The van der Waals surface area contributed by atoms with Crippen molar-refractivity contribution < 1.29 is 9.53 Å². The summed E-state index contributed by atoms with van der Waals surface area (Å²) in [5, 5.41) is 7.49. The molecular formula is C25H27ClN4O2S. The molecule has 0 saturated carbocycles. The second-order valence-corrected chi connectivity index (χ2v) is 9.52. The van der Waals surface area contributed by atoms with Crippen LogP contribution in [-0.4, -0.2) is 35.9 Å². The van der Waals surface area contributed by atoms with Gasteiger partial charge in [-0.05, 0) is 81.2 Å². The Bertz CT molecular complexity index is 1160. The van der Waals surface area contributed by atoms with Crippen molar-refractivity contribution in [2.24, 2.45) is 0 Å². The minimum Gasteiger partial charge on any atom is -0.443 e. The predicted octanol–water partition coefficient (Wildman–Crippen LogP) is 6.57. The molecule has 172 valence electrons. The molecule has 1 amide bonds. The molecule has 3 aromatic rings. The fraction of sp³-hybridized carbons (Fsp3) is 0.280. The van der Waals surface area contributed by atoms with Crippen molar-refractivity contribution in [2.45, 2.75) is 25.7 Å². The van der Waals surface area contributed by atoms with E-state index >= 15 is 0 Å². The first-order chi connectivity index (χ1) is 15.9. The molecule has 33 heavy (non-hydrogen) atoms. The third-order valence-corrected chi connectivity index (χ3v) is 6.95. The highest BCUT2D eigenvalue weighted by Crippen LogP contribution is 2.40. The van der Waals surface area contributed by atoms with Crippen molar-refractivity contribution in [3.8, 4) is 10.8 Å². The van der Waals surface area contributed by atoms with Gasteiger partial charge in [0, 0.05) is 17.4 Å². The van der Waals surface area contributed by atoms with Crippen LogP contribution in [0.1, 0.15) is 29.9 Å². The summed E-state index contributed by atoms with van der Waals surface area (Å²) in [6.45, 7) is 7.86. The summed E-state index contributed by atoms with van der Waals surface area (Å²) in [7, 11) is 2.18.